The Hall–Kier alpha value is -1.89. The molecule has 2 fully saturated rings. The van der Waals surface area contributed by atoms with Gasteiger partial charge in [-0.3, -0.25) is 9.69 Å². The van der Waals surface area contributed by atoms with Crippen molar-refractivity contribution in [3.63, 3.8) is 0 Å². The van der Waals surface area contributed by atoms with Crippen LogP contribution in [0.15, 0.2) is 10.9 Å². The van der Waals surface area contributed by atoms with Gasteiger partial charge in [0, 0.05) is 49.9 Å². The van der Waals surface area contributed by atoms with Crippen LogP contribution < -0.4 is 10.9 Å². The molecule has 0 unspecified atom stereocenters. The zero-order valence-corrected chi connectivity index (χ0v) is 14.5. The molecule has 0 aliphatic carbocycles. The fraction of sp³-hybridized carbons (Fsp3) is 0.706. The van der Waals surface area contributed by atoms with Crippen molar-refractivity contribution in [2.24, 2.45) is 0 Å². The third-order valence-electron chi connectivity index (χ3n) is 5.03. The predicted molar refractivity (Wildman–Crippen MR) is 92.1 cm³/mol. The van der Waals surface area contributed by atoms with Gasteiger partial charge in [-0.1, -0.05) is 6.42 Å². The minimum absolute atomic E-state index is 0.0223. The van der Waals surface area contributed by atoms with Crippen molar-refractivity contribution in [1.29, 1.82) is 0 Å². The Kier molecular flexibility index (Phi) is 5.18. The number of H-pyrrole nitrogens is 1. The Balaban J connectivity index is 1.40. The van der Waals surface area contributed by atoms with E-state index in [2.05, 4.69) is 27.1 Å². The number of likely N-dealkylation sites (tertiary alicyclic amines) is 2. The van der Waals surface area contributed by atoms with Gasteiger partial charge in [0.25, 0.3) is 5.56 Å². The van der Waals surface area contributed by atoms with Crippen LogP contribution in [0.25, 0.3) is 0 Å². The molecule has 2 saturated heterocycles. The first-order valence-electron chi connectivity index (χ1n) is 8.88. The van der Waals surface area contributed by atoms with Crippen molar-refractivity contribution in [1.82, 2.24) is 25.1 Å². The molecule has 0 radical (unpaired) electrons. The number of aryl methyl sites for hydroxylation is 1. The summed E-state index contributed by atoms with van der Waals surface area (Å²) in [7, 11) is 0. The summed E-state index contributed by atoms with van der Waals surface area (Å²) in [6.45, 7) is 7.35. The molecule has 132 valence electrons. The zero-order chi connectivity index (χ0) is 17.1. The van der Waals surface area contributed by atoms with Crippen LogP contribution in [0.5, 0.6) is 0 Å². The molecule has 0 saturated carbocycles. The summed E-state index contributed by atoms with van der Waals surface area (Å²) < 4.78 is 0. The summed E-state index contributed by atoms with van der Waals surface area (Å²) in [5.74, 6) is 0.615. The molecule has 3 rings (SSSR count). The van der Waals surface area contributed by atoms with E-state index in [0.717, 1.165) is 19.6 Å². The molecular weight excluding hydrogens is 306 g/mol. The van der Waals surface area contributed by atoms with Crippen LogP contribution in [0.3, 0.4) is 0 Å². The second-order valence-electron chi connectivity index (χ2n) is 6.96. The number of rotatable bonds is 4. The smallest absolute Gasteiger partial charge is 0.317 e. The molecule has 7 nitrogen and oxygen atoms in total. The number of hydrogen-bond acceptors (Lipinski definition) is 4. The molecule has 1 aromatic heterocycles. The van der Waals surface area contributed by atoms with Crippen LogP contribution in [0.4, 0.5) is 4.79 Å². The number of carbonyl (C=O) groups is 1. The highest BCUT2D eigenvalue weighted by Crippen LogP contribution is 2.24. The summed E-state index contributed by atoms with van der Waals surface area (Å²) in [4.78, 5) is 34.9. The lowest BCUT2D eigenvalue weighted by atomic mass is 9.98. The fourth-order valence-electron chi connectivity index (χ4n) is 3.65. The monoisotopic (exact) mass is 333 g/mol. The van der Waals surface area contributed by atoms with Gasteiger partial charge >= 0.3 is 6.03 Å². The molecule has 1 aromatic rings. The highest BCUT2D eigenvalue weighted by molar-refractivity contribution is 5.75. The number of hydrogen-bond donors (Lipinski definition) is 2. The molecule has 2 N–H and O–H groups in total. The molecule has 0 bridgehead atoms. The number of nitrogens with zero attached hydrogens (tertiary/aromatic N) is 3. The average molecular weight is 333 g/mol. The molecule has 0 aromatic carbocycles. The lowest BCUT2D eigenvalue weighted by molar-refractivity contribution is 0.0170. The number of piperidine rings is 1. The van der Waals surface area contributed by atoms with Crippen LogP contribution in [0.1, 0.15) is 37.7 Å². The molecule has 2 amide bonds. The molecule has 24 heavy (non-hydrogen) atoms. The second-order valence-corrected chi connectivity index (χ2v) is 6.96. The van der Waals surface area contributed by atoms with Crippen LogP contribution in [-0.2, 0) is 6.42 Å². The summed E-state index contributed by atoms with van der Waals surface area (Å²) in [6, 6.07) is 2.59. The zero-order valence-electron chi connectivity index (χ0n) is 14.5. The van der Waals surface area contributed by atoms with Crippen LogP contribution in [-0.4, -0.2) is 64.1 Å². The van der Waals surface area contributed by atoms with Crippen molar-refractivity contribution >= 4 is 6.03 Å². The maximum Gasteiger partial charge on any atom is 0.317 e. The largest absolute Gasteiger partial charge is 0.338 e. The van der Waals surface area contributed by atoms with Gasteiger partial charge in [0.1, 0.15) is 5.82 Å². The Morgan fingerprint density at radius 2 is 2.21 bits per heavy atom. The number of nitrogens with one attached hydrogen (secondary N) is 2. The summed E-state index contributed by atoms with van der Waals surface area (Å²) in [5, 5.41) is 2.91. The number of urea groups is 1. The number of carbonyl (C=O) groups excluding carboxylic acids is 1. The molecule has 7 heteroatoms. The van der Waals surface area contributed by atoms with E-state index in [0.29, 0.717) is 36.6 Å². The van der Waals surface area contributed by atoms with E-state index in [9.17, 15) is 9.59 Å². The average Bonchev–Trinajstić information content (AvgIpc) is 2.46. The molecule has 0 spiro atoms. The van der Waals surface area contributed by atoms with Crippen LogP contribution in [0, 0.1) is 6.92 Å². The van der Waals surface area contributed by atoms with Gasteiger partial charge in [0.05, 0.1) is 0 Å². The third kappa shape index (κ3) is 3.95. The quantitative estimate of drug-likeness (QED) is 0.857. The Morgan fingerprint density at radius 3 is 2.92 bits per heavy atom. The SMILES string of the molecule is Cc1cc(=O)[nH]c(CCNC(=O)N2CC(N3CCCC[C@@H]3C)C2)n1. The van der Waals surface area contributed by atoms with Gasteiger partial charge in [-0.25, -0.2) is 9.78 Å². The highest BCUT2D eigenvalue weighted by Gasteiger charge is 2.37. The van der Waals surface area contributed by atoms with Gasteiger partial charge in [-0.05, 0) is 33.2 Å². The minimum Gasteiger partial charge on any atom is -0.338 e. The first-order chi connectivity index (χ1) is 11.5. The molecule has 2 aliphatic heterocycles. The first-order valence-corrected chi connectivity index (χ1v) is 8.88. The van der Waals surface area contributed by atoms with Gasteiger partial charge < -0.3 is 15.2 Å². The van der Waals surface area contributed by atoms with E-state index in [1.165, 1.54) is 25.3 Å². The van der Waals surface area contributed by atoms with Gasteiger partial charge in [-0.2, -0.15) is 0 Å². The summed E-state index contributed by atoms with van der Waals surface area (Å²) in [6.07, 6.45) is 4.39. The van der Waals surface area contributed by atoms with Crippen molar-refractivity contribution in [2.75, 3.05) is 26.2 Å². The number of amides is 2. The van der Waals surface area contributed by atoms with Crippen LogP contribution >= 0.6 is 0 Å². The van der Waals surface area contributed by atoms with Crippen molar-refractivity contribution in [2.45, 2.75) is 51.6 Å². The molecule has 1 atom stereocenters. The first kappa shape index (κ1) is 17.0. The Labute approximate surface area is 142 Å². The predicted octanol–water partition coefficient (Wildman–Crippen LogP) is 0.889. The molecule has 2 aliphatic rings. The third-order valence-corrected chi connectivity index (χ3v) is 5.03. The minimum atomic E-state index is -0.148. The second kappa shape index (κ2) is 7.34. The standard InChI is InChI=1S/C17H27N5O2/c1-12-9-16(23)20-15(19-12)6-7-18-17(24)21-10-14(11-21)22-8-4-3-5-13(22)2/h9,13-14H,3-8,10-11H2,1-2H3,(H,18,24)(H,19,20,23)/t13-/m0/s1. The summed E-state index contributed by atoms with van der Waals surface area (Å²) in [5.41, 5.74) is 0.548. The van der Waals surface area contributed by atoms with Crippen molar-refractivity contribution in [3.8, 4) is 0 Å². The molecular formula is C17H27N5O2. The number of aromatic nitrogens is 2. The highest BCUT2D eigenvalue weighted by atomic mass is 16.2. The van der Waals surface area contributed by atoms with E-state index in [4.69, 9.17) is 0 Å². The van der Waals surface area contributed by atoms with Gasteiger partial charge in [-0.15, -0.1) is 0 Å². The topological polar surface area (TPSA) is 81.3 Å². The normalized spacial score (nSPS) is 22.2. The van der Waals surface area contributed by atoms with Gasteiger partial charge in [0.15, 0.2) is 0 Å². The van der Waals surface area contributed by atoms with E-state index >= 15 is 0 Å². The van der Waals surface area contributed by atoms with E-state index in [-0.39, 0.29) is 11.6 Å². The lowest BCUT2D eigenvalue weighted by Gasteiger charge is -2.49. The van der Waals surface area contributed by atoms with E-state index < -0.39 is 0 Å². The fourth-order valence-corrected chi connectivity index (χ4v) is 3.65. The Bertz CT molecular complexity index is 638. The number of aromatic amines is 1. The summed E-state index contributed by atoms with van der Waals surface area (Å²) >= 11 is 0. The Morgan fingerprint density at radius 1 is 1.42 bits per heavy atom. The van der Waals surface area contributed by atoms with E-state index in [1.54, 1.807) is 6.92 Å². The maximum absolute atomic E-state index is 12.2. The molecule has 3 heterocycles. The van der Waals surface area contributed by atoms with E-state index in [1.807, 2.05) is 4.90 Å². The lowest BCUT2D eigenvalue weighted by Crippen LogP contribution is -2.65. The van der Waals surface area contributed by atoms with Crippen molar-refractivity contribution < 1.29 is 4.79 Å². The van der Waals surface area contributed by atoms with Crippen molar-refractivity contribution in [3.05, 3.63) is 27.9 Å². The van der Waals surface area contributed by atoms with Crippen LogP contribution in [0.2, 0.25) is 0 Å². The van der Waals surface area contributed by atoms with Gasteiger partial charge in [0.2, 0.25) is 0 Å². The maximum atomic E-state index is 12.2.